The van der Waals surface area contributed by atoms with Gasteiger partial charge in [0.1, 0.15) is 19.0 Å². The molecule has 0 saturated heterocycles. The van der Waals surface area contributed by atoms with Gasteiger partial charge in [-0.3, -0.25) is 14.7 Å². The number of nitrogens with one attached hydrogen (secondary N) is 2. The van der Waals surface area contributed by atoms with E-state index in [4.69, 9.17) is 27.4 Å². The van der Waals surface area contributed by atoms with Gasteiger partial charge in [-0.25, -0.2) is 9.69 Å². The van der Waals surface area contributed by atoms with Crippen LogP contribution in [0.5, 0.6) is 5.75 Å². The van der Waals surface area contributed by atoms with E-state index in [1.165, 1.54) is 0 Å². The molecule has 4 rings (SSSR count). The molecular formula is C30H31N5O5S2. The van der Waals surface area contributed by atoms with Crippen LogP contribution in [0.1, 0.15) is 23.6 Å². The molecule has 0 radical (unpaired) electrons. The molecule has 3 amide bonds. The Labute approximate surface area is 252 Å². The van der Waals surface area contributed by atoms with Crippen molar-refractivity contribution in [3.05, 3.63) is 106 Å². The summed E-state index contributed by atoms with van der Waals surface area (Å²) >= 11 is 6.09. The van der Waals surface area contributed by atoms with Crippen LogP contribution in [0.4, 0.5) is 9.93 Å². The van der Waals surface area contributed by atoms with E-state index < -0.39 is 29.9 Å². The first-order chi connectivity index (χ1) is 20.3. The number of carbonyl (C=O) groups is 3. The molecule has 10 nitrogen and oxygen atoms in total. The van der Waals surface area contributed by atoms with Crippen molar-refractivity contribution in [2.24, 2.45) is 11.7 Å². The predicted octanol–water partition coefficient (Wildman–Crippen LogP) is 5.09. The van der Waals surface area contributed by atoms with Crippen molar-refractivity contribution in [2.75, 3.05) is 11.9 Å². The molecule has 1 aromatic heterocycles. The zero-order valence-corrected chi connectivity index (χ0v) is 24.5. The van der Waals surface area contributed by atoms with Crippen molar-refractivity contribution in [2.45, 2.75) is 32.6 Å². The number of imide groups is 1. The predicted molar refractivity (Wildman–Crippen MR) is 162 cm³/mol. The van der Waals surface area contributed by atoms with Crippen molar-refractivity contribution < 1.29 is 23.9 Å². The number of nitrogens with two attached hydrogens (primary N) is 1. The standard InChI is InChI=1S/C30H31N5O5S2/c1-20(26(36)32-28-33-34-29(41)42-28)17-35(30(38)40-19-23-10-6-3-7-11-23)27(37)25(31)16-21-12-14-24(15-13-21)39-18-22-8-4-2-5-9-22/h2-15,20,25H,16-19,31H2,1H3,(H,34,41)(H,32,33,36)/t20?,25-/m0/s1. The highest BCUT2D eigenvalue weighted by atomic mass is 32.1. The van der Waals surface area contributed by atoms with Gasteiger partial charge in [0.05, 0.1) is 12.0 Å². The number of carbonyl (C=O) groups excluding carboxylic acids is 3. The minimum Gasteiger partial charge on any atom is -0.489 e. The molecule has 4 N–H and O–H groups in total. The van der Waals surface area contributed by atoms with Gasteiger partial charge in [-0.2, -0.15) is 0 Å². The molecule has 1 heterocycles. The number of nitrogens with zero attached hydrogens (tertiary/aromatic N) is 2. The van der Waals surface area contributed by atoms with Gasteiger partial charge in [-0.15, -0.1) is 5.10 Å². The lowest BCUT2D eigenvalue weighted by Gasteiger charge is -2.26. The van der Waals surface area contributed by atoms with Crippen molar-refractivity contribution in [1.29, 1.82) is 0 Å². The van der Waals surface area contributed by atoms with E-state index in [9.17, 15) is 14.4 Å². The van der Waals surface area contributed by atoms with E-state index in [0.29, 0.717) is 16.3 Å². The average Bonchev–Trinajstić information content (AvgIpc) is 3.42. The molecule has 218 valence electrons. The molecule has 0 aliphatic rings. The Morgan fingerprint density at radius 3 is 2.17 bits per heavy atom. The molecule has 4 aromatic rings. The SMILES string of the molecule is CC(CN(C(=O)OCc1ccccc1)C(=O)[C@@H](N)Cc1ccc(OCc2ccccc2)cc1)C(=O)Nc1n[nH]c(=S)s1. The maximum absolute atomic E-state index is 13.5. The Balaban J connectivity index is 1.40. The quantitative estimate of drug-likeness (QED) is 0.190. The summed E-state index contributed by atoms with van der Waals surface area (Å²) in [5.74, 6) is -1.22. The number of rotatable bonds is 12. The lowest BCUT2D eigenvalue weighted by Crippen LogP contribution is -2.50. The summed E-state index contributed by atoms with van der Waals surface area (Å²) in [6.45, 7) is 1.74. The Bertz CT molecular complexity index is 1530. The number of H-pyrrole nitrogens is 1. The second kappa shape index (κ2) is 15.0. The van der Waals surface area contributed by atoms with Gasteiger partial charge in [0.15, 0.2) is 3.95 Å². The number of benzene rings is 3. The number of hydrogen-bond acceptors (Lipinski definition) is 9. The van der Waals surface area contributed by atoms with Gasteiger partial charge in [0.2, 0.25) is 16.9 Å². The Kier molecular flexibility index (Phi) is 10.9. The van der Waals surface area contributed by atoms with Crippen LogP contribution in [0.15, 0.2) is 84.9 Å². The maximum Gasteiger partial charge on any atom is 0.416 e. The monoisotopic (exact) mass is 605 g/mol. The third-order valence-corrected chi connectivity index (χ3v) is 7.21. The second-order valence-corrected chi connectivity index (χ2v) is 11.2. The molecule has 0 aliphatic heterocycles. The highest BCUT2D eigenvalue weighted by Gasteiger charge is 2.31. The van der Waals surface area contributed by atoms with E-state index in [0.717, 1.165) is 32.9 Å². The molecule has 0 fully saturated rings. The van der Waals surface area contributed by atoms with Crippen LogP contribution in [0.3, 0.4) is 0 Å². The summed E-state index contributed by atoms with van der Waals surface area (Å²) in [7, 11) is 0. The highest BCUT2D eigenvalue weighted by Crippen LogP contribution is 2.17. The van der Waals surface area contributed by atoms with E-state index >= 15 is 0 Å². The lowest BCUT2D eigenvalue weighted by molar-refractivity contribution is -0.132. The number of ether oxygens (including phenoxy) is 2. The minimum atomic E-state index is -1.06. The Hall–Kier alpha value is -4.39. The molecule has 2 atom stereocenters. The summed E-state index contributed by atoms with van der Waals surface area (Å²) < 4.78 is 11.7. The largest absolute Gasteiger partial charge is 0.489 e. The fraction of sp³-hybridized carbons (Fsp3) is 0.233. The van der Waals surface area contributed by atoms with Gasteiger partial charge in [-0.05, 0) is 47.5 Å². The summed E-state index contributed by atoms with van der Waals surface area (Å²) in [5, 5.41) is 9.42. The molecular weight excluding hydrogens is 574 g/mol. The Morgan fingerprint density at radius 1 is 0.952 bits per heavy atom. The highest BCUT2D eigenvalue weighted by molar-refractivity contribution is 7.73. The first kappa shape index (κ1) is 30.6. The summed E-state index contributed by atoms with van der Waals surface area (Å²) in [5.41, 5.74) is 8.87. The normalized spacial score (nSPS) is 12.1. The fourth-order valence-corrected chi connectivity index (χ4v) is 4.72. The summed E-state index contributed by atoms with van der Waals surface area (Å²) in [6, 6.07) is 25.1. The van der Waals surface area contributed by atoms with Crippen LogP contribution < -0.4 is 15.8 Å². The van der Waals surface area contributed by atoms with Gasteiger partial charge in [0.25, 0.3) is 0 Å². The molecule has 12 heteroatoms. The van der Waals surface area contributed by atoms with Crippen LogP contribution in [0.25, 0.3) is 0 Å². The third-order valence-electron chi connectivity index (χ3n) is 6.21. The van der Waals surface area contributed by atoms with Crippen molar-refractivity contribution in [3.63, 3.8) is 0 Å². The van der Waals surface area contributed by atoms with Gasteiger partial charge < -0.3 is 20.5 Å². The van der Waals surface area contributed by atoms with Crippen LogP contribution >= 0.6 is 23.6 Å². The smallest absolute Gasteiger partial charge is 0.416 e. The summed E-state index contributed by atoms with van der Waals surface area (Å²) in [4.78, 5) is 40.3. The lowest BCUT2D eigenvalue weighted by atomic mass is 10.0. The first-order valence-electron chi connectivity index (χ1n) is 13.2. The van der Waals surface area contributed by atoms with Gasteiger partial charge in [0, 0.05) is 6.54 Å². The molecule has 0 aliphatic carbocycles. The Morgan fingerprint density at radius 2 is 1.57 bits per heavy atom. The van der Waals surface area contributed by atoms with Crippen LogP contribution in [-0.4, -0.2) is 45.6 Å². The third kappa shape index (κ3) is 9.06. The molecule has 0 bridgehead atoms. The number of aromatic amines is 1. The maximum atomic E-state index is 13.5. The van der Waals surface area contributed by atoms with Gasteiger partial charge >= 0.3 is 6.09 Å². The van der Waals surface area contributed by atoms with E-state index in [1.54, 1.807) is 31.2 Å². The molecule has 1 unspecified atom stereocenters. The average molecular weight is 606 g/mol. The molecule has 0 saturated carbocycles. The van der Waals surface area contributed by atoms with Crippen molar-refractivity contribution in [3.8, 4) is 5.75 Å². The van der Waals surface area contributed by atoms with Crippen molar-refractivity contribution in [1.82, 2.24) is 15.1 Å². The second-order valence-electron chi connectivity index (χ2n) is 9.53. The van der Waals surface area contributed by atoms with E-state index in [1.807, 2.05) is 60.7 Å². The van der Waals surface area contributed by atoms with Crippen LogP contribution in [0, 0.1) is 9.87 Å². The minimum absolute atomic E-state index is 0.0414. The number of hydrogen-bond donors (Lipinski definition) is 3. The molecule has 3 aromatic carbocycles. The van der Waals surface area contributed by atoms with Crippen LogP contribution in [0.2, 0.25) is 0 Å². The number of aromatic nitrogens is 2. The van der Waals surface area contributed by atoms with Gasteiger partial charge in [-0.1, -0.05) is 91.1 Å². The summed E-state index contributed by atoms with van der Waals surface area (Å²) in [6.07, 6.45) is -0.726. The number of amides is 3. The zero-order valence-electron chi connectivity index (χ0n) is 22.9. The van der Waals surface area contributed by atoms with E-state index in [-0.39, 0.29) is 24.7 Å². The number of anilines is 1. The zero-order chi connectivity index (χ0) is 29.9. The molecule has 0 spiro atoms. The fourth-order valence-electron chi connectivity index (χ4n) is 3.92. The molecule has 42 heavy (non-hydrogen) atoms. The van der Waals surface area contributed by atoms with E-state index in [2.05, 4.69) is 15.5 Å². The first-order valence-corrected chi connectivity index (χ1v) is 14.4. The van der Waals surface area contributed by atoms with Crippen molar-refractivity contribution >= 4 is 46.6 Å². The topological polar surface area (TPSA) is 140 Å². The van der Waals surface area contributed by atoms with Crippen LogP contribution in [-0.2, 0) is 34.0 Å².